The molecule has 0 radical (unpaired) electrons. The predicted molar refractivity (Wildman–Crippen MR) is 70.0 cm³/mol. The van der Waals surface area contributed by atoms with Crippen LogP contribution in [-0.4, -0.2) is 25.5 Å². The third-order valence-corrected chi connectivity index (χ3v) is 4.52. The van der Waals surface area contributed by atoms with Crippen molar-refractivity contribution in [3.05, 3.63) is 29.1 Å². The summed E-state index contributed by atoms with van der Waals surface area (Å²) in [4.78, 5) is 0. The van der Waals surface area contributed by atoms with E-state index < -0.39 is 29.4 Å². The first kappa shape index (κ1) is 16.1. The molecule has 2 rings (SSSR count). The average molecular weight is 306 g/mol. The highest BCUT2D eigenvalue weighted by atomic mass is 19.4. The number of ether oxygens (including phenoxy) is 2. The van der Waals surface area contributed by atoms with Gasteiger partial charge in [-0.15, -0.1) is 0 Å². The molecule has 1 aliphatic rings. The van der Waals surface area contributed by atoms with Crippen molar-refractivity contribution >= 4 is 0 Å². The number of methoxy groups -OCH3 is 1. The Hall–Kier alpha value is -1.30. The third-order valence-electron chi connectivity index (χ3n) is 4.52. The summed E-state index contributed by atoms with van der Waals surface area (Å²) in [6, 6.07) is 3.16. The number of rotatable bonds is 2. The van der Waals surface area contributed by atoms with Crippen LogP contribution in [0.4, 0.5) is 17.6 Å². The van der Waals surface area contributed by atoms with Crippen molar-refractivity contribution in [2.75, 3.05) is 13.7 Å². The summed E-state index contributed by atoms with van der Waals surface area (Å²) in [6.07, 6.45) is -4.47. The van der Waals surface area contributed by atoms with Gasteiger partial charge < -0.3 is 9.47 Å². The highest BCUT2D eigenvalue weighted by molar-refractivity contribution is 5.42. The van der Waals surface area contributed by atoms with Gasteiger partial charge in [0.25, 0.3) is 0 Å². The smallest absolute Gasteiger partial charge is 0.417 e. The van der Waals surface area contributed by atoms with Crippen molar-refractivity contribution in [2.24, 2.45) is 5.92 Å². The van der Waals surface area contributed by atoms with Crippen LogP contribution < -0.4 is 4.74 Å². The Labute approximate surface area is 121 Å². The van der Waals surface area contributed by atoms with Gasteiger partial charge in [-0.25, -0.2) is 4.39 Å². The van der Waals surface area contributed by atoms with E-state index in [1.54, 1.807) is 19.1 Å². The van der Waals surface area contributed by atoms with Gasteiger partial charge in [-0.1, -0.05) is 19.1 Å². The van der Waals surface area contributed by atoms with Gasteiger partial charge in [0.15, 0.2) is 17.2 Å². The van der Waals surface area contributed by atoms with E-state index >= 15 is 0 Å². The molecule has 3 atom stereocenters. The Balaban J connectivity index is 2.44. The maximum Gasteiger partial charge on any atom is 0.417 e. The van der Waals surface area contributed by atoms with Crippen LogP contribution in [0.5, 0.6) is 5.75 Å². The highest BCUT2D eigenvalue weighted by Crippen LogP contribution is 2.51. The Kier molecular flexibility index (Phi) is 3.95. The minimum Gasteiger partial charge on any atom is -0.493 e. The van der Waals surface area contributed by atoms with Gasteiger partial charge in [0.2, 0.25) is 0 Å². The largest absolute Gasteiger partial charge is 0.493 e. The summed E-state index contributed by atoms with van der Waals surface area (Å²) in [5.74, 6) is -1.94. The molecule has 0 bridgehead atoms. The van der Waals surface area contributed by atoms with Crippen LogP contribution in [0, 0.1) is 18.7 Å². The first-order valence-corrected chi connectivity index (χ1v) is 6.67. The van der Waals surface area contributed by atoms with E-state index in [2.05, 4.69) is 0 Å². The summed E-state index contributed by atoms with van der Waals surface area (Å²) in [5, 5.41) is 0. The summed E-state index contributed by atoms with van der Waals surface area (Å²) < 4.78 is 63.7. The predicted octanol–water partition coefficient (Wildman–Crippen LogP) is 4.21. The molecule has 1 aromatic carbocycles. The molecule has 0 spiro atoms. The second-order valence-electron chi connectivity index (χ2n) is 5.63. The number of hydrogen-bond acceptors (Lipinski definition) is 2. The topological polar surface area (TPSA) is 18.5 Å². The van der Waals surface area contributed by atoms with Crippen LogP contribution >= 0.6 is 0 Å². The Morgan fingerprint density at radius 2 is 1.95 bits per heavy atom. The number of benzene rings is 1. The van der Waals surface area contributed by atoms with E-state index in [4.69, 9.17) is 9.47 Å². The molecule has 118 valence electrons. The first-order valence-electron chi connectivity index (χ1n) is 6.67. The van der Waals surface area contributed by atoms with E-state index in [0.29, 0.717) is 11.1 Å². The van der Waals surface area contributed by atoms with Crippen LogP contribution in [0.15, 0.2) is 12.1 Å². The first-order chi connectivity index (χ1) is 9.63. The van der Waals surface area contributed by atoms with Crippen LogP contribution in [0.1, 0.15) is 30.9 Å². The third kappa shape index (κ3) is 2.39. The van der Waals surface area contributed by atoms with Crippen LogP contribution in [0.2, 0.25) is 0 Å². The number of aryl methyl sites for hydroxylation is 1. The van der Waals surface area contributed by atoms with Gasteiger partial charge in [0.05, 0.1) is 13.7 Å². The lowest BCUT2D eigenvalue weighted by Gasteiger charge is -2.32. The van der Waals surface area contributed by atoms with Gasteiger partial charge in [-0.05, 0) is 19.4 Å². The molecule has 0 saturated carbocycles. The van der Waals surface area contributed by atoms with Gasteiger partial charge in [0.1, 0.15) is 0 Å². The van der Waals surface area contributed by atoms with E-state index in [9.17, 15) is 17.6 Å². The fraction of sp³-hybridized carbons (Fsp3) is 0.600. The maximum absolute atomic E-state index is 14.1. The number of alkyl halides is 3. The standard InChI is InChI=1S/C15H18F4O2/c1-8-5-6-10(13(20-4)12(8)16)11-7-21-14(3,9(11)2)15(17,18)19/h5-6,9,11H,7H2,1-4H3/t9?,11?,14-/m1/s1. The molecule has 0 N–H and O–H groups in total. The van der Waals surface area contributed by atoms with Crippen LogP contribution in [0.3, 0.4) is 0 Å². The molecule has 2 nitrogen and oxygen atoms in total. The molecule has 21 heavy (non-hydrogen) atoms. The van der Waals surface area contributed by atoms with E-state index in [1.807, 2.05) is 0 Å². The van der Waals surface area contributed by atoms with Crippen molar-refractivity contribution in [2.45, 2.75) is 38.5 Å². The minimum absolute atomic E-state index is 0.00174. The number of hydrogen-bond donors (Lipinski definition) is 0. The molecule has 0 aromatic heterocycles. The van der Waals surface area contributed by atoms with E-state index in [1.165, 1.54) is 14.0 Å². The summed E-state index contributed by atoms with van der Waals surface area (Å²) in [6.45, 7) is 3.98. The lowest BCUT2D eigenvalue weighted by molar-refractivity contribution is -0.266. The Morgan fingerprint density at radius 3 is 2.43 bits per heavy atom. The molecule has 0 aliphatic carbocycles. The van der Waals surface area contributed by atoms with Crippen molar-refractivity contribution in [1.82, 2.24) is 0 Å². The molecule has 1 heterocycles. The van der Waals surface area contributed by atoms with Gasteiger partial charge in [0, 0.05) is 17.4 Å². The minimum atomic E-state index is -4.47. The quantitative estimate of drug-likeness (QED) is 0.762. The lowest BCUT2D eigenvalue weighted by Crippen LogP contribution is -2.46. The molecule has 1 aromatic rings. The fourth-order valence-electron chi connectivity index (χ4n) is 2.79. The average Bonchev–Trinajstić information content (AvgIpc) is 2.70. The highest BCUT2D eigenvalue weighted by Gasteiger charge is 2.61. The van der Waals surface area contributed by atoms with E-state index in [0.717, 1.165) is 6.92 Å². The van der Waals surface area contributed by atoms with Gasteiger partial charge in [-0.3, -0.25) is 0 Å². The maximum atomic E-state index is 14.1. The Bertz CT molecular complexity index is 541. The Morgan fingerprint density at radius 1 is 1.33 bits per heavy atom. The zero-order valence-electron chi connectivity index (χ0n) is 12.3. The fourth-order valence-corrected chi connectivity index (χ4v) is 2.79. The molecule has 6 heteroatoms. The van der Waals surface area contributed by atoms with Crippen molar-refractivity contribution < 1.29 is 27.0 Å². The normalized spacial score (nSPS) is 29.7. The lowest BCUT2D eigenvalue weighted by atomic mass is 9.79. The molecule has 1 fully saturated rings. The zero-order valence-corrected chi connectivity index (χ0v) is 12.3. The summed E-state index contributed by atoms with van der Waals surface area (Å²) in [7, 11) is 1.31. The molecule has 0 amide bonds. The molecule has 2 unspecified atom stereocenters. The monoisotopic (exact) mass is 306 g/mol. The second kappa shape index (κ2) is 5.16. The molecule has 1 saturated heterocycles. The molecular weight excluding hydrogens is 288 g/mol. The molecular formula is C15H18F4O2. The van der Waals surface area contributed by atoms with Crippen molar-refractivity contribution in [3.63, 3.8) is 0 Å². The van der Waals surface area contributed by atoms with Crippen LogP contribution in [0.25, 0.3) is 0 Å². The second-order valence-corrected chi connectivity index (χ2v) is 5.63. The van der Waals surface area contributed by atoms with Gasteiger partial charge in [-0.2, -0.15) is 13.2 Å². The van der Waals surface area contributed by atoms with Crippen molar-refractivity contribution in [1.29, 1.82) is 0 Å². The zero-order chi connectivity index (χ0) is 16.0. The molecule has 1 aliphatic heterocycles. The van der Waals surface area contributed by atoms with Gasteiger partial charge >= 0.3 is 6.18 Å². The summed E-state index contributed by atoms with van der Waals surface area (Å²) >= 11 is 0. The van der Waals surface area contributed by atoms with E-state index in [-0.39, 0.29) is 12.4 Å². The van der Waals surface area contributed by atoms with Crippen molar-refractivity contribution in [3.8, 4) is 5.75 Å². The van der Waals surface area contributed by atoms with Crippen LogP contribution in [-0.2, 0) is 4.74 Å². The summed E-state index contributed by atoms with van der Waals surface area (Å²) in [5.41, 5.74) is -1.42. The number of halogens is 4. The SMILES string of the molecule is COc1c(C2CO[C@@](C)(C(F)(F)F)C2C)ccc(C)c1F.